The number of esters is 1. The topological polar surface area (TPSA) is 82.9 Å². The minimum atomic E-state index is -0.536. The fourth-order valence-electron chi connectivity index (χ4n) is 2.34. The largest absolute Gasteiger partial charge is 0.496 e. The fourth-order valence-corrected chi connectivity index (χ4v) is 3.17. The number of amides is 1. The van der Waals surface area contributed by atoms with Crippen molar-refractivity contribution < 1.29 is 23.8 Å². The third-order valence-corrected chi connectivity index (χ3v) is 4.36. The molecule has 0 aliphatic carbocycles. The van der Waals surface area contributed by atoms with Crippen molar-refractivity contribution in [3.63, 3.8) is 0 Å². The van der Waals surface area contributed by atoms with Gasteiger partial charge in [0.2, 0.25) is 0 Å². The molecule has 0 spiro atoms. The quantitative estimate of drug-likeness (QED) is 0.662. The van der Waals surface area contributed by atoms with Crippen LogP contribution < -0.4 is 9.64 Å². The zero-order valence-electron chi connectivity index (χ0n) is 14.6. The molecule has 9 heteroatoms. The first kappa shape index (κ1) is 18.9. The van der Waals surface area contributed by atoms with E-state index < -0.39 is 5.97 Å². The standard InChI is InChI=1S/C16H21N3O5S/c1-5-24-16(21)15-11(8-17-18(15)2)19(14(20)10-22-3)9-13-12(23-4)6-7-25-13/h6-8H,5,9-10H2,1-4H3. The van der Waals surface area contributed by atoms with Crippen molar-refractivity contribution in [2.45, 2.75) is 13.5 Å². The summed E-state index contributed by atoms with van der Waals surface area (Å²) >= 11 is 1.46. The molecule has 0 radical (unpaired) electrons. The molecular weight excluding hydrogens is 346 g/mol. The van der Waals surface area contributed by atoms with Crippen LogP contribution in [-0.2, 0) is 27.9 Å². The van der Waals surface area contributed by atoms with Crippen LogP contribution in [0.1, 0.15) is 22.3 Å². The third-order valence-electron chi connectivity index (χ3n) is 3.47. The number of ether oxygens (including phenoxy) is 3. The lowest BCUT2D eigenvalue weighted by Crippen LogP contribution is -2.34. The SMILES string of the molecule is CCOC(=O)c1c(N(Cc2sccc2OC)C(=O)COC)cnn1C. The Labute approximate surface area is 149 Å². The number of nitrogens with zero attached hydrogens (tertiary/aromatic N) is 3. The number of aromatic nitrogens is 2. The van der Waals surface area contributed by atoms with Crippen LogP contribution in [0.5, 0.6) is 5.75 Å². The van der Waals surface area contributed by atoms with Gasteiger partial charge in [-0.3, -0.25) is 9.48 Å². The summed E-state index contributed by atoms with van der Waals surface area (Å²) in [5, 5.41) is 5.99. The summed E-state index contributed by atoms with van der Waals surface area (Å²) in [4.78, 5) is 27.2. The average molecular weight is 367 g/mol. The number of hydrogen-bond acceptors (Lipinski definition) is 7. The van der Waals surface area contributed by atoms with E-state index in [2.05, 4.69) is 5.10 Å². The Kier molecular flexibility index (Phi) is 6.54. The summed E-state index contributed by atoms with van der Waals surface area (Å²) in [5.74, 6) is -0.149. The second kappa shape index (κ2) is 8.63. The third kappa shape index (κ3) is 4.18. The van der Waals surface area contributed by atoms with Gasteiger partial charge in [-0.25, -0.2) is 4.79 Å². The van der Waals surface area contributed by atoms with E-state index in [4.69, 9.17) is 14.2 Å². The molecule has 0 aromatic carbocycles. The first-order chi connectivity index (χ1) is 12.0. The summed E-state index contributed by atoms with van der Waals surface area (Å²) in [6.07, 6.45) is 1.47. The molecule has 0 unspecified atom stereocenters. The van der Waals surface area contributed by atoms with E-state index in [-0.39, 0.29) is 31.4 Å². The normalized spacial score (nSPS) is 10.6. The van der Waals surface area contributed by atoms with E-state index in [1.807, 2.05) is 11.4 Å². The maximum Gasteiger partial charge on any atom is 0.358 e. The van der Waals surface area contributed by atoms with Crippen molar-refractivity contribution in [2.24, 2.45) is 7.05 Å². The minimum Gasteiger partial charge on any atom is -0.496 e. The van der Waals surface area contributed by atoms with Crippen molar-refractivity contribution in [1.29, 1.82) is 0 Å². The van der Waals surface area contributed by atoms with Gasteiger partial charge in [-0.15, -0.1) is 11.3 Å². The molecule has 25 heavy (non-hydrogen) atoms. The molecule has 2 rings (SSSR count). The van der Waals surface area contributed by atoms with Crippen LogP contribution in [0.15, 0.2) is 17.6 Å². The molecule has 0 fully saturated rings. The molecule has 8 nitrogen and oxygen atoms in total. The van der Waals surface area contributed by atoms with Gasteiger partial charge >= 0.3 is 5.97 Å². The highest BCUT2D eigenvalue weighted by Crippen LogP contribution is 2.30. The highest BCUT2D eigenvalue weighted by molar-refractivity contribution is 7.10. The lowest BCUT2D eigenvalue weighted by Gasteiger charge is -2.22. The molecule has 2 heterocycles. The smallest absolute Gasteiger partial charge is 0.358 e. The summed E-state index contributed by atoms with van der Waals surface area (Å²) in [7, 11) is 4.64. The molecule has 0 aliphatic rings. The summed E-state index contributed by atoms with van der Waals surface area (Å²) in [6, 6.07) is 1.83. The Morgan fingerprint density at radius 3 is 2.76 bits per heavy atom. The van der Waals surface area contributed by atoms with Crippen molar-refractivity contribution in [1.82, 2.24) is 9.78 Å². The van der Waals surface area contributed by atoms with E-state index in [1.54, 1.807) is 21.1 Å². The van der Waals surface area contributed by atoms with E-state index in [0.717, 1.165) is 4.88 Å². The Hall–Kier alpha value is -2.39. The number of aryl methyl sites for hydroxylation is 1. The number of anilines is 1. The zero-order chi connectivity index (χ0) is 18.4. The van der Waals surface area contributed by atoms with Gasteiger partial charge in [0.05, 0.1) is 37.0 Å². The molecule has 0 saturated carbocycles. The zero-order valence-corrected chi connectivity index (χ0v) is 15.5. The number of methoxy groups -OCH3 is 2. The molecule has 0 atom stereocenters. The van der Waals surface area contributed by atoms with Crippen LogP contribution in [0, 0.1) is 0 Å². The predicted molar refractivity (Wildman–Crippen MR) is 93.1 cm³/mol. The van der Waals surface area contributed by atoms with Crippen LogP contribution in [0.25, 0.3) is 0 Å². The molecule has 0 aliphatic heterocycles. The fraction of sp³-hybridized carbons (Fsp3) is 0.438. The second-order valence-corrected chi connectivity index (χ2v) is 6.05. The second-order valence-electron chi connectivity index (χ2n) is 5.05. The number of rotatable bonds is 8. The van der Waals surface area contributed by atoms with Gasteiger partial charge in [0.1, 0.15) is 12.4 Å². The van der Waals surface area contributed by atoms with Crippen molar-refractivity contribution >= 4 is 28.9 Å². The molecule has 0 saturated heterocycles. The molecule has 2 aromatic heterocycles. The van der Waals surface area contributed by atoms with Crippen molar-refractivity contribution in [3.8, 4) is 5.75 Å². The Morgan fingerprint density at radius 1 is 1.36 bits per heavy atom. The molecule has 0 N–H and O–H groups in total. The van der Waals surface area contributed by atoms with Crippen LogP contribution in [0.2, 0.25) is 0 Å². The summed E-state index contributed by atoms with van der Waals surface area (Å²) < 4.78 is 16.8. The van der Waals surface area contributed by atoms with Gasteiger partial charge in [0.15, 0.2) is 5.69 Å². The van der Waals surface area contributed by atoms with Gasteiger partial charge < -0.3 is 19.1 Å². The number of hydrogen-bond donors (Lipinski definition) is 0. The van der Waals surface area contributed by atoms with E-state index in [1.165, 1.54) is 34.2 Å². The van der Waals surface area contributed by atoms with Gasteiger partial charge in [0, 0.05) is 14.2 Å². The molecule has 1 amide bonds. The number of carbonyl (C=O) groups is 2. The average Bonchev–Trinajstić information content (AvgIpc) is 3.18. The molecule has 0 bridgehead atoms. The Balaban J connectivity index is 2.43. The lowest BCUT2D eigenvalue weighted by atomic mass is 10.3. The first-order valence-corrected chi connectivity index (χ1v) is 8.50. The lowest BCUT2D eigenvalue weighted by molar-refractivity contribution is -0.122. The van der Waals surface area contributed by atoms with Crippen LogP contribution >= 0.6 is 11.3 Å². The maximum absolute atomic E-state index is 12.6. The van der Waals surface area contributed by atoms with Gasteiger partial charge in [0.25, 0.3) is 5.91 Å². The van der Waals surface area contributed by atoms with Crippen molar-refractivity contribution in [3.05, 3.63) is 28.2 Å². The van der Waals surface area contributed by atoms with Crippen LogP contribution in [0.3, 0.4) is 0 Å². The maximum atomic E-state index is 12.6. The van der Waals surface area contributed by atoms with E-state index >= 15 is 0 Å². The van der Waals surface area contributed by atoms with Gasteiger partial charge in [-0.05, 0) is 18.4 Å². The Bertz CT molecular complexity index is 740. The van der Waals surface area contributed by atoms with Gasteiger partial charge in [-0.1, -0.05) is 0 Å². The molecule has 2 aromatic rings. The number of thiophene rings is 1. The monoisotopic (exact) mass is 367 g/mol. The highest BCUT2D eigenvalue weighted by Gasteiger charge is 2.27. The van der Waals surface area contributed by atoms with Crippen molar-refractivity contribution in [2.75, 3.05) is 32.3 Å². The van der Waals surface area contributed by atoms with Crippen LogP contribution in [0.4, 0.5) is 5.69 Å². The number of carbonyl (C=O) groups excluding carboxylic acids is 2. The minimum absolute atomic E-state index is 0.120. The molecule has 136 valence electrons. The van der Waals surface area contributed by atoms with E-state index in [0.29, 0.717) is 11.4 Å². The molecular formula is C16H21N3O5S. The summed E-state index contributed by atoms with van der Waals surface area (Å²) in [6.45, 7) is 2.07. The Morgan fingerprint density at radius 2 is 2.12 bits per heavy atom. The predicted octanol–water partition coefficient (Wildman–Crippen LogP) is 1.85. The van der Waals surface area contributed by atoms with Crippen LogP contribution in [-0.4, -0.2) is 49.1 Å². The highest BCUT2D eigenvalue weighted by atomic mass is 32.1. The van der Waals surface area contributed by atoms with E-state index in [9.17, 15) is 9.59 Å². The van der Waals surface area contributed by atoms with Gasteiger partial charge in [-0.2, -0.15) is 5.10 Å². The summed E-state index contributed by atoms with van der Waals surface area (Å²) in [5.41, 5.74) is 0.584. The first-order valence-electron chi connectivity index (χ1n) is 7.62.